The third-order valence-electron chi connectivity index (χ3n) is 8.35. The first kappa shape index (κ1) is 21.7. The lowest BCUT2D eigenvalue weighted by Crippen LogP contribution is -2.62. The Morgan fingerprint density at radius 1 is 1.06 bits per heavy atom. The van der Waals surface area contributed by atoms with Crippen molar-refractivity contribution in [1.82, 2.24) is 9.80 Å². The molecule has 1 aromatic carbocycles. The minimum absolute atomic E-state index is 0.0337. The number of rotatable bonds is 6. The number of carbonyl (C=O) groups is 1. The predicted molar refractivity (Wildman–Crippen MR) is 123 cm³/mol. The van der Waals surface area contributed by atoms with Crippen molar-refractivity contribution in [2.45, 2.75) is 63.1 Å². The molecule has 5 nitrogen and oxygen atoms in total. The standard InChI is InChI=1S/C24H33ClN2O3S/c1-26(22-6-7-31(29,30)16-22)15-23(28)27(14-17-2-4-21(25)5-3-17)24-11-18-8-19(12-24)10-20(9-18)13-24/h2-5,18-20,22H,6-16H2,1H3. The van der Waals surface area contributed by atoms with Crippen molar-refractivity contribution in [2.24, 2.45) is 17.8 Å². The summed E-state index contributed by atoms with van der Waals surface area (Å²) >= 11 is 6.10. The van der Waals surface area contributed by atoms with E-state index in [1.54, 1.807) is 0 Å². The molecule has 1 aliphatic heterocycles. The molecule has 4 saturated carbocycles. The van der Waals surface area contributed by atoms with Crippen LogP contribution in [0.2, 0.25) is 5.02 Å². The zero-order valence-corrected chi connectivity index (χ0v) is 19.9. The summed E-state index contributed by atoms with van der Waals surface area (Å²) in [5, 5.41) is 0.707. The van der Waals surface area contributed by atoms with Crippen molar-refractivity contribution in [3.63, 3.8) is 0 Å². The number of likely N-dealkylation sites (N-methyl/N-ethyl adjacent to an activating group) is 1. The van der Waals surface area contributed by atoms with Gasteiger partial charge in [-0.05, 0) is 87.4 Å². The Bertz CT molecular complexity index is 911. The Kier molecular flexibility index (Phi) is 5.63. The van der Waals surface area contributed by atoms with Crippen LogP contribution in [0.25, 0.3) is 0 Å². The molecule has 5 aliphatic rings. The predicted octanol–water partition coefficient (Wildman–Crippen LogP) is 3.76. The van der Waals surface area contributed by atoms with Gasteiger partial charge in [0.1, 0.15) is 0 Å². The SMILES string of the molecule is CN(CC(=O)N(Cc1ccc(Cl)cc1)C12CC3CC(CC(C3)C1)C2)C1CCS(=O)(=O)C1. The first-order chi connectivity index (χ1) is 14.7. The Morgan fingerprint density at radius 2 is 1.65 bits per heavy atom. The Hall–Kier alpha value is -1.11. The Morgan fingerprint density at radius 3 is 2.16 bits per heavy atom. The van der Waals surface area contributed by atoms with Crippen LogP contribution in [0, 0.1) is 17.8 Å². The van der Waals surface area contributed by atoms with Gasteiger partial charge in [-0.3, -0.25) is 9.69 Å². The van der Waals surface area contributed by atoms with Crippen molar-refractivity contribution in [1.29, 1.82) is 0 Å². The summed E-state index contributed by atoms with van der Waals surface area (Å²) in [7, 11) is -1.06. The largest absolute Gasteiger partial charge is 0.332 e. The van der Waals surface area contributed by atoms with Gasteiger partial charge in [-0.25, -0.2) is 8.42 Å². The Labute approximate surface area is 191 Å². The summed E-state index contributed by atoms with van der Waals surface area (Å²) in [6.07, 6.45) is 8.01. The summed E-state index contributed by atoms with van der Waals surface area (Å²) < 4.78 is 23.9. The van der Waals surface area contributed by atoms with Gasteiger partial charge in [0.05, 0.1) is 18.1 Å². The van der Waals surface area contributed by atoms with Crippen molar-refractivity contribution < 1.29 is 13.2 Å². The van der Waals surface area contributed by atoms with E-state index in [1.165, 1.54) is 19.3 Å². The maximum Gasteiger partial charge on any atom is 0.237 e. The molecule has 170 valence electrons. The van der Waals surface area contributed by atoms with E-state index in [1.807, 2.05) is 36.2 Å². The molecule has 1 amide bonds. The number of nitrogens with zero attached hydrogens (tertiary/aromatic N) is 2. The minimum Gasteiger partial charge on any atom is -0.332 e. The lowest BCUT2D eigenvalue weighted by atomic mass is 9.52. The van der Waals surface area contributed by atoms with Crippen LogP contribution in [-0.4, -0.2) is 60.8 Å². The smallest absolute Gasteiger partial charge is 0.237 e. The molecule has 0 N–H and O–H groups in total. The van der Waals surface area contributed by atoms with Gasteiger partial charge in [-0.1, -0.05) is 23.7 Å². The van der Waals surface area contributed by atoms with Crippen LogP contribution in [0.4, 0.5) is 0 Å². The highest BCUT2D eigenvalue weighted by Crippen LogP contribution is 2.58. The average Bonchev–Trinajstić information content (AvgIpc) is 3.06. The van der Waals surface area contributed by atoms with Gasteiger partial charge in [-0.2, -0.15) is 0 Å². The van der Waals surface area contributed by atoms with Crippen LogP contribution < -0.4 is 0 Å². The summed E-state index contributed by atoms with van der Waals surface area (Å²) in [5.74, 6) is 2.81. The maximum absolute atomic E-state index is 13.8. The highest BCUT2D eigenvalue weighted by Gasteiger charge is 2.54. The summed E-state index contributed by atoms with van der Waals surface area (Å²) in [5.41, 5.74) is 1.08. The summed E-state index contributed by atoms with van der Waals surface area (Å²) in [6.45, 7) is 0.897. The number of hydrogen-bond acceptors (Lipinski definition) is 4. The number of halogens is 1. The molecule has 7 heteroatoms. The van der Waals surface area contributed by atoms with Gasteiger partial charge < -0.3 is 4.90 Å². The van der Waals surface area contributed by atoms with Crippen LogP contribution in [0.1, 0.15) is 50.5 Å². The first-order valence-electron chi connectivity index (χ1n) is 11.7. The topological polar surface area (TPSA) is 57.7 Å². The molecule has 1 aromatic rings. The molecule has 5 fully saturated rings. The van der Waals surface area contributed by atoms with Crippen LogP contribution in [-0.2, 0) is 21.2 Å². The lowest BCUT2D eigenvalue weighted by Gasteiger charge is -2.60. The average molecular weight is 465 g/mol. The number of sulfone groups is 1. The third kappa shape index (κ3) is 4.40. The minimum atomic E-state index is -2.97. The fraction of sp³-hybridized carbons (Fsp3) is 0.708. The quantitative estimate of drug-likeness (QED) is 0.643. The second kappa shape index (κ2) is 8.03. The van der Waals surface area contributed by atoms with E-state index in [9.17, 15) is 13.2 Å². The fourth-order valence-corrected chi connectivity index (χ4v) is 9.17. The second-order valence-corrected chi connectivity index (χ2v) is 13.4. The third-order valence-corrected chi connectivity index (χ3v) is 10.4. The van der Waals surface area contributed by atoms with Gasteiger partial charge in [-0.15, -0.1) is 0 Å². The first-order valence-corrected chi connectivity index (χ1v) is 13.9. The molecule has 1 atom stereocenters. The molecule has 0 aromatic heterocycles. The van der Waals surface area contributed by atoms with Crippen LogP contribution in [0.15, 0.2) is 24.3 Å². The normalized spacial score (nSPS) is 35.6. The number of amides is 1. The molecule has 1 heterocycles. The monoisotopic (exact) mass is 464 g/mol. The molecular weight excluding hydrogens is 432 g/mol. The van der Waals surface area contributed by atoms with Gasteiger partial charge in [0.15, 0.2) is 9.84 Å². The number of benzene rings is 1. The molecule has 0 spiro atoms. The van der Waals surface area contributed by atoms with E-state index >= 15 is 0 Å². The highest BCUT2D eigenvalue weighted by molar-refractivity contribution is 7.91. The zero-order chi connectivity index (χ0) is 21.8. The second-order valence-electron chi connectivity index (χ2n) is 10.7. The molecule has 1 unspecified atom stereocenters. The maximum atomic E-state index is 13.8. The van der Waals surface area contributed by atoms with Crippen molar-refractivity contribution in [3.05, 3.63) is 34.9 Å². The summed E-state index contributed by atoms with van der Waals surface area (Å²) in [4.78, 5) is 17.9. The molecule has 31 heavy (non-hydrogen) atoms. The lowest BCUT2D eigenvalue weighted by molar-refractivity contribution is -0.153. The molecule has 6 rings (SSSR count). The molecule has 0 radical (unpaired) electrons. The van der Waals surface area contributed by atoms with Gasteiger partial charge in [0.25, 0.3) is 0 Å². The molecule has 4 bridgehead atoms. The van der Waals surface area contributed by atoms with E-state index in [2.05, 4.69) is 4.90 Å². The molecule has 4 aliphatic carbocycles. The highest BCUT2D eigenvalue weighted by atomic mass is 35.5. The van der Waals surface area contributed by atoms with Gasteiger partial charge >= 0.3 is 0 Å². The van der Waals surface area contributed by atoms with E-state index in [-0.39, 0.29) is 35.5 Å². The van der Waals surface area contributed by atoms with Crippen LogP contribution >= 0.6 is 11.6 Å². The van der Waals surface area contributed by atoms with E-state index < -0.39 is 9.84 Å². The number of carbonyl (C=O) groups excluding carboxylic acids is 1. The van der Waals surface area contributed by atoms with E-state index in [4.69, 9.17) is 11.6 Å². The zero-order valence-electron chi connectivity index (χ0n) is 18.3. The fourth-order valence-electron chi connectivity index (χ4n) is 7.24. The summed E-state index contributed by atoms with van der Waals surface area (Å²) in [6, 6.07) is 7.79. The van der Waals surface area contributed by atoms with Crippen LogP contribution in [0.3, 0.4) is 0 Å². The van der Waals surface area contributed by atoms with Crippen molar-refractivity contribution >= 4 is 27.3 Å². The molecule has 1 saturated heterocycles. The van der Waals surface area contributed by atoms with Gasteiger partial charge in [0, 0.05) is 23.1 Å². The van der Waals surface area contributed by atoms with Gasteiger partial charge in [0.2, 0.25) is 5.91 Å². The van der Waals surface area contributed by atoms with Crippen molar-refractivity contribution in [3.8, 4) is 0 Å². The number of hydrogen-bond donors (Lipinski definition) is 0. The van der Waals surface area contributed by atoms with E-state index in [0.29, 0.717) is 18.0 Å². The van der Waals surface area contributed by atoms with Crippen LogP contribution in [0.5, 0.6) is 0 Å². The van der Waals surface area contributed by atoms with Crippen molar-refractivity contribution in [2.75, 3.05) is 25.1 Å². The molecular formula is C24H33ClN2O3S. The van der Waals surface area contributed by atoms with E-state index in [0.717, 1.165) is 42.6 Å². The Balaban J connectivity index is 1.38.